The molecule has 0 N–H and O–H groups in total. The van der Waals surface area contributed by atoms with E-state index in [4.69, 9.17) is 0 Å². The lowest BCUT2D eigenvalue weighted by molar-refractivity contribution is 0.0600. The molecule has 0 aliphatic heterocycles. The Labute approximate surface area is 138 Å². The number of hydrogen-bond donors (Lipinski definition) is 0. The molecule has 0 heterocycles. The van der Waals surface area contributed by atoms with Crippen LogP contribution in [0.2, 0.25) is 0 Å². The molecule has 4 nitrogen and oxygen atoms in total. The number of methoxy groups -OCH3 is 1. The lowest BCUT2D eigenvalue weighted by atomic mass is 10.1. The van der Waals surface area contributed by atoms with Crippen molar-refractivity contribution < 1.29 is 17.9 Å². The smallest absolute Gasteiger partial charge is 0.337 e. The van der Waals surface area contributed by atoms with E-state index in [9.17, 15) is 13.2 Å². The third kappa shape index (κ3) is 3.96. The molecule has 0 amide bonds. The molecule has 0 saturated heterocycles. The van der Waals surface area contributed by atoms with E-state index in [2.05, 4.69) is 20.7 Å². The Morgan fingerprint density at radius 3 is 2.05 bits per heavy atom. The number of ether oxygens (including phenoxy) is 1. The highest BCUT2D eigenvalue weighted by Gasteiger charge is 2.15. The highest BCUT2D eigenvalue weighted by Crippen LogP contribution is 2.18. The van der Waals surface area contributed by atoms with Crippen molar-refractivity contribution in [3.05, 3.63) is 65.2 Å². The van der Waals surface area contributed by atoms with Gasteiger partial charge in [0.05, 0.1) is 23.3 Å². The fourth-order valence-electron chi connectivity index (χ4n) is 1.94. The standard InChI is InChI=1S/C16H15BrO4S/c1-21-16(18)14-6-2-13(3-7-14)11-22(19,20)15-8-4-12(10-17)5-9-15/h2-9H,10-11H2,1H3. The van der Waals surface area contributed by atoms with E-state index in [1.54, 1.807) is 48.5 Å². The molecule has 22 heavy (non-hydrogen) atoms. The van der Waals surface area contributed by atoms with Crippen molar-refractivity contribution in [2.45, 2.75) is 16.0 Å². The minimum atomic E-state index is -3.41. The number of carbonyl (C=O) groups is 1. The Kier molecular flexibility index (Phi) is 5.37. The molecule has 2 aromatic carbocycles. The van der Waals surface area contributed by atoms with E-state index in [0.717, 1.165) is 5.56 Å². The molecule has 0 radical (unpaired) electrons. The lowest BCUT2D eigenvalue weighted by Crippen LogP contribution is -2.06. The molecule has 0 aromatic heterocycles. The molecule has 116 valence electrons. The molecule has 0 aliphatic carbocycles. The zero-order valence-electron chi connectivity index (χ0n) is 12.0. The molecule has 0 bridgehead atoms. The van der Waals surface area contributed by atoms with Crippen LogP contribution in [0.15, 0.2) is 53.4 Å². The summed E-state index contributed by atoms with van der Waals surface area (Å²) in [7, 11) is -2.11. The summed E-state index contributed by atoms with van der Waals surface area (Å²) >= 11 is 3.32. The number of esters is 1. The van der Waals surface area contributed by atoms with E-state index >= 15 is 0 Å². The van der Waals surface area contributed by atoms with Gasteiger partial charge in [0.2, 0.25) is 0 Å². The lowest BCUT2D eigenvalue weighted by Gasteiger charge is -2.06. The third-order valence-electron chi connectivity index (χ3n) is 3.17. The number of sulfone groups is 1. The topological polar surface area (TPSA) is 60.4 Å². The van der Waals surface area contributed by atoms with Crippen LogP contribution in [0.5, 0.6) is 0 Å². The summed E-state index contributed by atoms with van der Waals surface area (Å²) in [6.45, 7) is 0. The van der Waals surface area contributed by atoms with Crippen molar-refractivity contribution in [3.8, 4) is 0 Å². The van der Waals surface area contributed by atoms with Crippen LogP contribution in [-0.4, -0.2) is 21.5 Å². The van der Waals surface area contributed by atoms with E-state index in [1.807, 2.05) is 0 Å². The summed E-state index contributed by atoms with van der Waals surface area (Å²) < 4.78 is 29.4. The Balaban J connectivity index is 2.19. The van der Waals surface area contributed by atoms with Crippen LogP contribution in [0, 0.1) is 0 Å². The fourth-order valence-corrected chi connectivity index (χ4v) is 3.67. The summed E-state index contributed by atoms with van der Waals surface area (Å²) in [6.07, 6.45) is 0. The molecule has 0 atom stereocenters. The van der Waals surface area contributed by atoms with Gasteiger partial charge in [-0.2, -0.15) is 0 Å². The molecule has 0 fully saturated rings. The molecule has 0 unspecified atom stereocenters. The first-order valence-corrected chi connectivity index (χ1v) is 9.28. The second-order valence-corrected chi connectivity index (χ2v) is 7.28. The highest BCUT2D eigenvalue weighted by molar-refractivity contribution is 9.08. The number of hydrogen-bond acceptors (Lipinski definition) is 4. The number of carbonyl (C=O) groups excluding carboxylic acids is 1. The van der Waals surface area contributed by atoms with Crippen molar-refractivity contribution in [3.63, 3.8) is 0 Å². The Hall–Kier alpha value is -1.66. The van der Waals surface area contributed by atoms with Gasteiger partial charge in [0.25, 0.3) is 0 Å². The van der Waals surface area contributed by atoms with Gasteiger partial charge >= 0.3 is 5.97 Å². The van der Waals surface area contributed by atoms with Crippen LogP contribution in [-0.2, 0) is 25.7 Å². The SMILES string of the molecule is COC(=O)c1ccc(CS(=O)(=O)c2ccc(CBr)cc2)cc1. The van der Waals surface area contributed by atoms with Gasteiger partial charge in [-0.15, -0.1) is 0 Å². The van der Waals surface area contributed by atoms with Crippen LogP contribution < -0.4 is 0 Å². The maximum absolute atomic E-state index is 12.4. The largest absolute Gasteiger partial charge is 0.465 e. The highest BCUT2D eigenvalue weighted by atomic mass is 79.9. The normalized spacial score (nSPS) is 11.2. The predicted octanol–water partition coefficient (Wildman–Crippen LogP) is 3.34. The second kappa shape index (κ2) is 7.07. The van der Waals surface area contributed by atoms with Crippen LogP contribution in [0.25, 0.3) is 0 Å². The van der Waals surface area contributed by atoms with E-state index < -0.39 is 15.8 Å². The van der Waals surface area contributed by atoms with Crippen molar-refractivity contribution in [2.75, 3.05) is 7.11 Å². The maximum atomic E-state index is 12.4. The van der Waals surface area contributed by atoms with Crippen molar-refractivity contribution in [1.82, 2.24) is 0 Å². The first-order chi connectivity index (χ1) is 10.5. The van der Waals surface area contributed by atoms with Gasteiger partial charge in [0.15, 0.2) is 9.84 Å². The average Bonchev–Trinajstić information content (AvgIpc) is 2.54. The van der Waals surface area contributed by atoms with Gasteiger partial charge in [0.1, 0.15) is 0 Å². The Bertz CT molecular complexity index is 750. The predicted molar refractivity (Wildman–Crippen MR) is 87.7 cm³/mol. The average molecular weight is 383 g/mol. The monoisotopic (exact) mass is 382 g/mol. The molecule has 0 aliphatic rings. The van der Waals surface area contributed by atoms with Crippen molar-refractivity contribution in [1.29, 1.82) is 0 Å². The van der Waals surface area contributed by atoms with E-state index in [1.165, 1.54) is 7.11 Å². The summed E-state index contributed by atoms with van der Waals surface area (Å²) in [4.78, 5) is 11.6. The van der Waals surface area contributed by atoms with Gasteiger partial charge in [-0.25, -0.2) is 13.2 Å². The zero-order chi connectivity index (χ0) is 16.2. The molecule has 0 saturated carbocycles. The Morgan fingerprint density at radius 1 is 1.00 bits per heavy atom. The minimum Gasteiger partial charge on any atom is -0.465 e. The number of rotatable bonds is 5. The molecule has 2 aromatic rings. The van der Waals surface area contributed by atoms with Gasteiger partial charge in [-0.1, -0.05) is 40.2 Å². The molecule has 2 rings (SSSR count). The van der Waals surface area contributed by atoms with Gasteiger partial charge in [-0.3, -0.25) is 0 Å². The summed E-state index contributed by atoms with van der Waals surface area (Å²) in [5.74, 6) is -0.554. The Morgan fingerprint density at radius 2 is 1.55 bits per heavy atom. The van der Waals surface area contributed by atoms with Crippen LogP contribution >= 0.6 is 15.9 Å². The van der Waals surface area contributed by atoms with E-state index in [-0.39, 0.29) is 10.6 Å². The van der Waals surface area contributed by atoms with Crippen LogP contribution in [0.4, 0.5) is 0 Å². The number of halogens is 1. The van der Waals surface area contributed by atoms with E-state index in [0.29, 0.717) is 16.5 Å². The number of alkyl halides is 1. The first-order valence-electron chi connectivity index (χ1n) is 6.51. The molecular formula is C16H15BrO4S. The van der Waals surface area contributed by atoms with Crippen molar-refractivity contribution in [2.24, 2.45) is 0 Å². The van der Waals surface area contributed by atoms with Crippen LogP contribution in [0.3, 0.4) is 0 Å². The van der Waals surface area contributed by atoms with Crippen molar-refractivity contribution >= 4 is 31.7 Å². The number of benzene rings is 2. The minimum absolute atomic E-state index is 0.109. The molecular weight excluding hydrogens is 368 g/mol. The first kappa shape index (κ1) is 16.7. The maximum Gasteiger partial charge on any atom is 0.337 e. The molecule has 0 spiro atoms. The summed E-state index contributed by atoms with van der Waals surface area (Å²) in [5.41, 5.74) is 2.03. The summed E-state index contributed by atoms with van der Waals surface area (Å²) in [5, 5.41) is 0.683. The quantitative estimate of drug-likeness (QED) is 0.587. The summed E-state index contributed by atoms with van der Waals surface area (Å²) in [6, 6.07) is 13.1. The third-order valence-corrected chi connectivity index (χ3v) is 5.52. The zero-order valence-corrected chi connectivity index (χ0v) is 14.4. The van der Waals surface area contributed by atoms with Gasteiger partial charge in [0, 0.05) is 5.33 Å². The fraction of sp³-hybridized carbons (Fsp3) is 0.188. The van der Waals surface area contributed by atoms with Gasteiger partial charge in [-0.05, 0) is 35.4 Å². The second-order valence-electron chi connectivity index (χ2n) is 4.73. The van der Waals surface area contributed by atoms with Gasteiger partial charge < -0.3 is 4.74 Å². The molecule has 6 heteroatoms. The van der Waals surface area contributed by atoms with Crippen LogP contribution in [0.1, 0.15) is 21.5 Å².